The summed E-state index contributed by atoms with van der Waals surface area (Å²) in [5.41, 5.74) is 1.11. The van der Waals surface area contributed by atoms with E-state index in [1.54, 1.807) is 0 Å². The molecule has 0 saturated carbocycles. The van der Waals surface area contributed by atoms with Gasteiger partial charge in [0.1, 0.15) is 12.2 Å². The van der Waals surface area contributed by atoms with Crippen LogP contribution in [0.15, 0.2) is 30.3 Å². The van der Waals surface area contributed by atoms with Crippen molar-refractivity contribution in [2.75, 3.05) is 19.8 Å². The summed E-state index contributed by atoms with van der Waals surface area (Å²) in [5.74, 6) is 0. The largest absolute Gasteiger partial charge is 0.379 e. The van der Waals surface area contributed by atoms with Crippen molar-refractivity contribution in [1.82, 2.24) is 0 Å². The number of unbranched alkanes of at least 4 members (excludes halogenated alkanes) is 4. The van der Waals surface area contributed by atoms with Crippen molar-refractivity contribution in [1.29, 1.82) is 0 Å². The fraction of sp³-hybridized carbons (Fsp3) is 0.739. The summed E-state index contributed by atoms with van der Waals surface area (Å²) in [4.78, 5) is 0. The van der Waals surface area contributed by atoms with Crippen molar-refractivity contribution in [3.63, 3.8) is 0 Å². The molecule has 4 atom stereocenters. The molecule has 0 bridgehead atoms. The molecule has 1 aliphatic heterocycles. The standard InChI is InChI=1S/C23H38O5/c1-3-5-10-14-25-18-21-23(27-17-19-12-8-7-9-13-19)20(16-22(24)28-21)26-15-11-6-4-2/h7-9,12-13,20-24H,3-6,10-11,14-18H2,1-2H3/t20-,21+,22?,23+/m0/s1. The molecule has 5 heteroatoms. The van der Waals surface area contributed by atoms with E-state index in [1.807, 2.05) is 30.3 Å². The molecule has 0 amide bonds. The van der Waals surface area contributed by atoms with Crippen LogP contribution in [-0.4, -0.2) is 49.5 Å². The number of hydrogen-bond acceptors (Lipinski definition) is 5. The van der Waals surface area contributed by atoms with Gasteiger partial charge in [0, 0.05) is 19.6 Å². The van der Waals surface area contributed by atoms with Crippen LogP contribution in [-0.2, 0) is 25.6 Å². The van der Waals surface area contributed by atoms with Gasteiger partial charge in [-0.25, -0.2) is 0 Å². The van der Waals surface area contributed by atoms with Crippen molar-refractivity contribution in [2.24, 2.45) is 0 Å². The predicted octanol–water partition coefficient (Wildman–Crippen LogP) is 4.46. The average molecular weight is 395 g/mol. The molecule has 1 saturated heterocycles. The molecule has 1 heterocycles. The summed E-state index contributed by atoms with van der Waals surface area (Å²) < 4.78 is 24.0. The Morgan fingerprint density at radius 2 is 1.68 bits per heavy atom. The van der Waals surface area contributed by atoms with Gasteiger partial charge >= 0.3 is 0 Å². The zero-order valence-corrected chi connectivity index (χ0v) is 17.6. The van der Waals surface area contributed by atoms with Crippen LogP contribution < -0.4 is 0 Å². The first-order chi connectivity index (χ1) is 13.7. The molecule has 160 valence electrons. The summed E-state index contributed by atoms with van der Waals surface area (Å²) in [5, 5.41) is 10.2. The highest BCUT2D eigenvalue weighted by molar-refractivity contribution is 5.13. The van der Waals surface area contributed by atoms with Crippen LogP contribution in [0.2, 0.25) is 0 Å². The van der Waals surface area contributed by atoms with Gasteiger partial charge in [-0.15, -0.1) is 0 Å². The molecular weight excluding hydrogens is 356 g/mol. The Hall–Kier alpha value is -0.980. The zero-order valence-electron chi connectivity index (χ0n) is 17.6. The van der Waals surface area contributed by atoms with Gasteiger partial charge in [0.2, 0.25) is 0 Å². The van der Waals surface area contributed by atoms with Crippen LogP contribution in [0.5, 0.6) is 0 Å². The Bertz CT molecular complexity index is 495. The monoisotopic (exact) mass is 394 g/mol. The molecule has 1 aromatic rings. The lowest BCUT2D eigenvalue weighted by Gasteiger charge is -2.39. The zero-order chi connectivity index (χ0) is 20.0. The molecule has 28 heavy (non-hydrogen) atoms. The van der Waals surface area contributed by atoms with Gasteiger partial charge in [0.05, 0.1) is 19.3 Å². The Kier molecular flexibility index (Phi) is 11.7. The summed E-state index contributed by atoms with van der Waals surface area (Å²) in [7, 11) is 0. The van der Waals surface area contributed by atoms with E-state index in [4.69, 9.17) is 18.9 Å². The second-order valence-corrected chi connectivity index (χ2v) is 7.52. The minimum absolute atomic E-state index is 0.187. The molecule has 1 unspecified atom stereocenters. The van der Waals surface area contributed by atoms with Crippen molar-refractivity contribution < 1.29 is 24.1 Å². The number of rotatable bonds is 14. The highest BCUT2D eigenvalue weighted by Gasteiger charge is 2.40. The Morgan fingerprint density at radius 1 is 0.964 bits per heavy atom. The molecule has 0 aliphatic carbocycles. The molecule has 1 aromatic carbocycles. The van der Waals surface area contributed by atoms with E-state index in [0.717, 1.165) is 37.7 Å². The predicted molar refractivity (Wildman–Crippen MR) is 110 cm³/mol. The molecule has 5 nitrogen and oxygen atoms in total. The third-order valence-corrected chi connectivity index (χ3v) is 5.04. The Balaban J connectivity index is 1.94. The van der Waals surface area contributed by atoms with Crippen LogP contribution in [0.1, 0.15) is 64.4 Å². The quantitative estimate of drug-likeness (QED) is 0.472. The van der Waals surface area contributed by atoms with Crippen molar-refractivity contribution in [2.45, 2.75) is 90.0 Å². The van der Waals surface area contributed by atoms with E-state index in [1.165, 1.54) is 6.42 Å². The number of aliphatic hydroxyl groups is 1. The first-order valence-electron chi connectivity index (χ1n) is 10.9. The molecule has 1 aliphatic rings. The van der Waals surface area contributed by atoms with Gasteiger partial charge in [-0.05, 0) is 18.4 Å². The van der Waals surface area contributed by atoms with Crippen LogP contribution >= 0.6 is 0 Å². The van der Waals surface area contributed by atoms with Crippen molar-refractivity contribution >= 4 is 0 Å². The van der Waals surface area contributed by atoms with E-state index < -0.39 is 6.29 Å². The third-order valence-electron chi connectivity index (χ3n) is 5.04. The van der Waals surface area contributed by atoms with E-state index >= 15 is 0 Å². The number of ether oxygens (including phenoxy) is 4. The van der Waals surface area contributed by atoms with Gasteiger partial charge in [0.15, 0.2) is 6.29 Å². The lowest BCUT2D eigenvalue weighted by molar-refractivity contribution is -0.263. The summed E-state index contributed by atoms with van der Waals surface area (Å²) in [6.07, 6.45) is 5.51. The van der Waals surface area contributed by atoms with Gasteiger partial charge < -0.3 is 24.1 Å². The maximum Gasteiger partial charge on any atom is 0.157 e. The summed E-state index contributed by atoms with van der Waals surface area (Å²) in [6.45, 7) is 6.64. The lowest BCUT2D eigenvalue weighted by atomic mass is 10.0. The van der Waals surface area contributed by atoms with E-state index in [-0.39, 0.29) is 18.3 Å². The molecule has 0 aromatic heterocycles. The first-order valence-corrected chi connectivity index (χ1v) is 10.9. The van der Waals surface area contributed by atoms with Crippen molar-refractivity contribution in [3.05, 3.63) is 35.9 Å². The van der Waals surface area contributed by atoms with E-state index in [2.05, 4.69) is 13.8 Å². The third kappa shape index (κ3) is 8.58. The summed E-state index contributed by atoms with van der Waals surface area (Å²) >= 11 is 0. The highest BCUT2D eigenvalue weighted by Crippen LogP contribution is 2.26. The fourth-order valence-corrected chi connectivity index (χ4v) is 3.43. The topological polar surface area (TPSA) is 57.2 Å². The Labute approximate surface area is 170 Å². The molecule has 1 N–H and O–H groups in total. The van der Waals surface area contributed by atoms with Crippen LogP contribution in [0.25, 0.3) is 0 Å². The maximum atomic E-state index is 10.2. The van der Waals surface area contributed by atoms with Gasteiger partial charge in [-0.2, -0.15) is 0 Å². The minimum atomic E-state index is -0.836. The average Bonchev–Trinajstić information content (AvgIpc) is 2.71. The number of benzene rings is 1. The Morgan fingerprint density at radius 3 is 2.39 bits per heavy atom. The molecule has 1 fully saturated rings. The minimum Gasteiger partial charge on any atom is -0.379 e. The first kappa shape index (κ1) is 23.3. The maximum absolute atomic E-state index is 10.2. The van der Waals surface area contributed by atoms with Crippen molar-refractivity contribution in [3.8, 4) is 0 Å². The van der Waals surface area contributed by atoms with Gasteiger partial charge in [-0.3, -0.25) is 0 Å². The number of hydrogen-bond donors (Lipinski definition) is 1. The SMILES string of the molecule is CCCCCOC[C@H]1OC(O)C[C@H](OCCCCC)[C@H]1OCc1ccccc1. The molecule has 2 rings (SSSR count). The second-order valence-electron chi connectivity index (χ2n) is 7.52. The number of aliphatic hydroxyl groups excluding tert-OH is 1. The van der Waals surface area contributed by atoms with Crippen LogP contribution in [0, 0.1) is 0 Å². The van der Waals surface area contributed by atoms with Gasteiger partial charge in [-0.1, -0.05) is 69.9 Å². The van der Waals surface area contributed by atoms with Crippen LogP contribution in [0.3, 0.4) is 0 Å². The molecule has 0 radical (unpaired) electrons. The lowest BCUT2D eigenvalue weighted by Crippen LogP contribution is -2.52. The second kappa shape index (κ2) is 14.1. The normalized spacial score (nSPS) is 25.1. The van der Waals surface area contributed by atoms with E-state index in [0.29, 0.717) is 32.8 Å². The highest BCUT2D eigenvalue weighted by atomic mass is 16.6. The van der Waals surface area contributed by atoms with E-state index in [9.17, 15) is 5.11 Å². The molecular formula is C23H38O5. The van der Waals surface area contributed by atoms with Crippen LogP contribution in [0.4, 0.5) is 0 Å². The fourth-order valence-electron chi connectivity index (χ4n) is 3.43. The van der Waals surface area contributed by atoms with Gasteiger partial charge in [0.25, 0.3) is 0 Å². The smallest absolute Gasteiger partial charge is 0.157 e. The summed E-state index contributed by atoms with van der Waals surface area (Å²) in [6, 6.07) is 10.1. The molecule has 0 spiro atoms.